The molecule has 0 saturated carbocycles. The van der Waals surface area contributed by atoms with E-state index in [4.69, 9.17) is 15.3 Å². The quantitative estimate of drug-likeness (QED) is 0.444. The maximum Gasteiger partial charge on any atom is 0.0976 e. The first kappa shape index (κ1) is 18.9. The second-order valence-electron chi connectivity index (χ2n) is 4.13. The zero-order valence-corrected chi connectivity index (χ0v) is 11.7. The van der Waals surface area contributed by atoms with Crippen LogP contribution in [-0.2, 0) is 0 Å². The lowest BCUT2D eigenvalue weighted by Crippen LogP contribution is -2.06. The third-order valence-corrected chi connectivity index (χ3v) is 2.65. The highest BCUT2D eigenvalue weighted by molar-refractivity contribution is 5.07. The fourth-order valence-electron chi connectivity index (χ4n) is 1.56. The highest BCUT2D eigenvalue weighted by Crippen LogP contribution is 2.18. The zero-order chi connectivity index (χ0) is 15.4. The van der Waals surface area contributed by atoms with Crippen LogP contribution in [0.15, 0.2) is 12.4 Å². The molecule has 1 heterocycles. The van der Waals surface area contributed by atoms with Gasteiger partial charge in [0.25, 0.3) is 0 Å². The van der Waals surface area contributed by atoms with Crippen LogP contribution in [0.1, 0.15) is 49.3 Å². The van der Waals surface area contributed by atoms with Gasteiger partial charge in [-0.3, -0.25) is 9.97 Å². The monoisotopic (exact) mass is 288 g/mol. The molecule has 116 valence electrons. The average Bonchev–Trinajstić information content (AvgIpc) is 2.52. The van der Waals surface area contributed by atoms with Gasteiger partial charge < -0.3 is 25.5 Å². The van der Waals surface area contributed by atoms with Gasteiger partial charge in [0, 0.05) is 20.3 Å². The Balaban J connectivity index is 0.00000172. The molecule has 0 saturated heterocycles. The first-order valence-corrected chi connectivity index (χ1v) is 6.53. The maximum atomic E-state index is 9.71. The highest BCUT2D eigenvalue weighted by Gasteiger charge is 2.12. The van der Waals surface area contributed by atoms with Crippen molar-refractivity contribution in [2.24, 2.45) is 0 Å². The summed E-state index contributed by atoms with van der Waals surface area (Å²) >= 11 is 0. The van der Waals surface area contributed by atoms with Gasteiger partial charge in [0.15, 0.2) is 0 Å². The van der Waals surface area contributed by atoms with Gasteiger partial charge in [-0.1, -0.05) is 0 Å². The number of aliphatic hydroxyl groups excluding tert-OH is 5. The molecular formula is C13H24N2O5. The summed E-state index contributed by atoms with van der Waals surface area (Å²) in [5.74, 6) is 0. The molecule has 20 heavy (non-hydrogen) atoms. The Labute approximate surface area is 118 Å². The molecule has 1 aromatic heterocycles. The summed E-state index contributed by atoms with van der Waals surface area (Å²) in [4.78, 5) is 8.09. The van der Waals surface area contributed by atoms with Crippen molar-refractivity contribution in [2.45, 2.75) is 37.9 Å². The number of nitrogens with zero attached hydrogens (tertiary/aromatic N) is 2. The topological polar surface area (TPSA) is 127 Å². The van der Waals surface area contributed by atoms with Gasteiger partial charge >= 0.3 is 0 Å². The SMILES string of the molecule is CO.OCCCC(O)c1cnc(C(O)CCCO)cn1. The van der Waals surface area contributed by atoms with E-state index < -0.39 is 12.2 Å². The van der Waals surface area contributed by atoms with E-state index in [1.54, 1.807) is 0 Å². The number of aromatic nitrogens is 2. The smallest absolute Gasteiger partial charge is 0.0976 e. The Morgan fingerprint density at radius 2 is 1.20 bits per heavy atom. The van der Waals surface area contributed by atoms with Crippen molar-refractivity contribution in [1.82, 2.24) is 9.97 Å². The number of hydrogen-bond donors (Lipinski definition) is 5. The minimum atomic E-state index is -0.742. The lowest BCUT2D eigenvalue weighted by molar-refractivity contribution is 0.141. The van der Waals surface area contributed by atoms with Gasteiger partial charge in [0.2, 0.25) is 0 Å². The van der Waals surface area contributed by atoms with Crippen LogP contribution in [0.25, 0.3) is 0 Å². The fourth-order valence-corrected chi connectivity index (χ4v) is 1.56. The molecule has 0 aromatic carbocycles. The Hall–Kier alpha value is -1.12. The van der Waals surface area contributed by atoms with Gasteiger partial charge in [-0.25, -0.2) is 0 Å². The van der Waals surface area contributed by atoms with E-state index in [0.29, 0.717) is 37.1 Å². The largest absolute Gasteiger partial charge is 0.400 e. The van der Waals surface area contributed by atoms with E-state index in [-0.39, 0.29) is 13.2 Å². The Kier molecular flexibility index (Phi) is 11.0. The maximum absolute atomic E-state index is 9.71. The van der Waals surface area contributed by atoms with Crippen LogP contribution in [0, 0.1) is 0 Å². The van der Waals surface area contributed by atoms with Crippen molar-refractivity contribution in [3.63, 3.8) is 0 Å². The Morgan fingerprint density at radius 1 is 0.850 bits per heavy atom. The normalized spacial score (nSPS) is 13.3. The highest BCUT2D eigenvalue weighted by atomic mass is 16.3. The van der Waals surface area contributed by atoms with Gasteiger partial charge in [0.1, 0.15) is 0 Å². The van der Waals surface area contributed by atoms with Crippen molar-refractivity contribution >= 4 is 0 Å². The molecule has 1 aromatic rings. The lowest BCUT2D eigenvalue weighted by Gasteiger charge is -2.11. The molecule has 0 amide bonds. The molecule has 7 nitrogen and oxygen atoms in total. The van der Waals surface area contributed by atoms with E-state index >= 15 is 0 Å². The third-order valence-electron chi connectivity index (χ3n) is 2.65. The van der Waals surface area contributed by atoms with Gasteiger partial charge in [0.05, 0.1) is 36.0 Å². The second-order valence-corrected chi connectivity index (χ2v) is 4.13. The molecule has 0 bridgehead atoms. The van der Waals surface area contributed by atoms with Crippen LogP contribution in [0.5, 0.6) is 0 Å². The van der Waals surface area contributed by atoms with Gasteiger partial charge in [-0.15, -0.1) is 0 Å². The molecule has 0 aliphatic heterocycles. The summed E-state index contributed by atoms with van der Waals surface area (Å²) in [6.07, 6.45) is 3.24. The predicted molar refractivity (Wildman–Crippen MR) is 72.7 cm³/mol. The molecule has 0 aliphatic rings. The second kappa shape index (κ2) is 11.7. The zero-order valence-electron chi connectivity index (χ0n) is 11.7. The summed E-state index contributed by atoms with van der Waals surface area (Å²) in [6, 6.07) is 0. The minimum Gasteiger partial charge on any atom is -0.400 e. The van der Waals surface area contributed by atoms with Crippen LogP contribution < -0.4 is 0 Å². The van der Waals surface area contributed by atoms with Crippen LogP contribution in [-0.4, -0.2) is 55.8 Å². The minimum absolute atomic E-state index is 0.0302. The number of rotatable bonds is 8. The van der Waals surface area contributed by atoms with Crippen molar-refractivity contribution in [3.8, 4) is 0 Å². The molecule has 0 fully saturated rings. The van der Waals surface area contributed by atoms with Gasteiger partial charge in [-0.05, 0) is 25.7 Å². The molecule has 7 heteroatoms. The van der Waals surface area contributed by atoms with Crippen molar-refractivity contribution in [3.05, 3.63) is 23.8 Å². The van der Waals surface area contributed by atoms with Crippen LogP contribution >= 0.6 is 0 Å². The molecular weight excluding hydrogens is 264 g/mol. The molecule has 1 rings (SSSR count). The lowest BCUT2D eigenvalue weighted by atomic mass is 10.1. The molecule has 0 spiro atoms. The summed E-state index contributed by atoms with van der Waals surface area (Å²) in [5, 5.41) is 43.7. The average molecular weight is 288 g/mol. The van der Waals surface area contributed by atoms with Gasteiger partial charge in [-0.2, -0.15) is 0 Å². The summed E-state index contributed by atoms with van der Waals surface area (Å²) in [5.41, 5.74) is 0.864. The third kappa shape index (κ3) is 6.88. The Bertz CT molecular complexity index is 301. The van der Waals surface area contributed by atoms with Crippen molar-refractivity contribution < 1.29 is 25.5 Å². The molecule has 2 atom stereocenters. The summed E-state index contributed by atoms with van der Waals surface area (Å²) in [7, 11) is 1.00. The van der Waals surface area contributed by atoms with Crippen molar-refractivity contribution in [2.75, 3.05) is 20.3 Å². The summed E-state index contributed by atoms with van der Waals surface area (Å²) in [6.45, 7) is 0.0604. The first-order chi connectivity index (χ1) is 9.69. The first-order valence-electron chi connectivity index (χ1n) is 6.53. The standard InChI is InChI=1S/C12H20N2O4.CH4O/c15-5-1-3-11(17)9-7-14-10(8-13-9)12(18)4-2-6-16;1-2/h7-8,11-12,15-18H,1-6H2;2H,1H3. The van der Waals surface area contributed by atoms with Crippen LogP contribution in [0.3, 0.4) is 0 Å². The van der Waals surface area contributed by atoms with Crippen molar-refractivity contribution in [1.29, 1.82) is 0 Å². The Morgan fingerprint density at radius 3 is 1.45 bits per heavy atom. The fraction of sp³-hybridized carbons (Fsp3) is 0.692. The number of aliphatic hydroxyl groups is 5. The summed E-state index contributed by atoms with van der Waals surface area (Å²) < 4.78 is 0. The van der Waals surface area contributed by atoms with E-state index in [1.807, 2.05) is 0 Å². The number of hydrogen-bond acceptors (Lipinski definition) is 7. The van der Waals surface area contributed by atoms with Crippen LogP contribution in [0.2, 0.25) is 0 Å². The van der Waals surface area contributed by atoms with Crippen LogP contribution in [0.4, 0.5) is 0 Å². The van der Waals surface area contributed by atoms with E-state index in [9.17, 15) is 10.2 Å². The predicted octanol–water partition coefficient (Wildman–Crippen LogP) is -0.303. The molecule has 5 N–H and O–H groups in total. The van der Waals surface area contributed by atoms with E-state index in [1.165, 1.54) is 12.4 Å². The van der Waals surface area contributed by atoms with E-state index in [0.717, 1.165) is 7.11 Å². The molecule has 2 unspecified atom stereocenters. The molecule has 0 aliphatic carbocycles. The van der Waals surface area contributed by atoms with E-state index in [2.05, 4.69) is 9.97 Å². The molecule has 0 radical (unpaired) electrons.